The second kappa shape index (κ2) is 7.01. The number of Topliss-reactive ketones (excluding diaryl/α,β-unsaturated/α-hetero) is 1. The molecule has 2 fully saturated rings. The molecule has 2 aliphatic rings. The molecule has 2 saturated heterocycles. The Morgan fingerprint density at radius 2 is 1.95 bits per heavy atom. The normalized spacial score (nSPS) is 22.0. The molecular weight excluding hydrogens is 242 g/mol. The fourth-order valence-electron chi connectivity index (χ4n) is 2.95. The summed E-state index contributed by atoms with van der Waals surface area (Å²) in [6.45, 7) is 6.87. The summed E-state index contributed by atoms with van der Waals surface area (Å²) in [5, 5.41) is 3.36. The van der Waals surface area contributed by atoms with Crippen LogP contribution in [0.5, 0.6) is 0 Å². The molecule has 0 aromatic rings. The quantitative estimate of drug-likeness (QED) is 0.793. The van der Waals surface area contributed by atoms with Gasteiger partial charge in [-0.1, -0.05) is 6.92 Å². The molecule has 5 heteroatoms. The van der Waals surface area contributed by atoms with Gasteiger partial charge in [0.15, 0.2) is 0 Å². The Labute approximate surface area is 115 Å². The van der Waals surface area contributed by atoms with Crippen molar-refractivity contribution >= 4 is 11.7 Å². The Bertz CT molecular complexity index is 317. The van der Waals surface area contributed by atoms with E-state index in [1.165, 1.54) is 0 Å². The van der Waals surface area contributed by atoms with Crippen molar-refractivity contribution in [1.82, 2.24) is 15.1 Å². The topological polar surface area (TPSA) is 52.7 Å². The average molecular weight is 267 g/mol. The highest BCUT2D eigenvalue weighted by Crippen LogP contribution is 2.13. The first-order valence-corrected chi connectivity index (χ1v) is 7.45. The number of likely N-dealkylation sites (tertiary alicyclic amines) is 1. The van der Waals surface area contributed by atoms with E-state index in [2.05, 4.69) is 17.1 Å². The van der Waals surface area contributed by atoms with Crippen LogP contribution in [0.2, 0.25) is 0 Å². The first-order valence-electron chi connectivity index (χ1n) is 7.45. The molecule has 2 rings (SSSR count). The molecule has 108 valence electrons. The van der Waals surface area contributed by atoms with E-state index >= 15 is 0 Å². The van der Waals surface area contributed by atoms with E-state index in [1.54, 1.807) is 0 Å². The molecule has 5 nitrogen and oxygen atoms in total. The lowest BCUT2D eigenvalue weighted by molar-refractivity contribution is -0.136. The number of hydrogen-bond acceptors (Lipinski definition) is 4. The number of hydrogen-bond donors (Lipinski definition) is 1. The van der Waals surface area contributed by atoms with Crippen LogP contribution in [0.4, 0.5) is 0 Å². The van der Waals surface area contributed by atoms with Crippen molar-refractivity contribution < 1.29 is 9.59 Å². The van der Waals surface area contributed by atoms with E-state index in [1.807, 2.05) is 4.90 Å². The smallest absolute Gasteiger partial charge is 0.236 e. The van der Waals surface area contributed by atoms with E-state index in [4.69, 9.17) is 0 Å². The molecule has 1 amide bonds. The maximum absolute atomic E-state index is 12.3. The number of carbonyl (C=O) groups is 2. The molecule has 0 bridgehead atoms. The second-order valence-corrected chi connectivity index (χ2v) is 5.46. The molecule has 0 saturated carbocycles. The number of nitrogens with one attached hydrogen (secondary N) is 1. The fraction of sp³-hybridized carbons (Fsp3) is 0.857. The molecule has 0 radical (unpaired) electrons. The van der Waals surface area contributed by atoms with Crippen molar-refractivity contribution in [3.8, 4) is 0 Å². The van der Waals surface area contributed by atoms with Gasteiger partial charge in [0.25, 0.3) is 0 Å². The van der Waals surface area contributed by atoms with Crippen LogP contribution in [0.25, 0.3) is 0 Å². The van der Waals surface area contributed by atoms with Crippen LogP contribution >= 0.6 is 0 Å². The van der Waals surface area contributed by atoms with Crippen LogP contribution in [0.3, 0.4) is 0 Å². The first kappa shape index (κ1) is 14.5. The summed E-state index contributed by atoms with van der Waals surface area (Å²) in [4.78, 5) is 27.6. The number of nitrogens with zero attached hydrogens (tertiary/aromatic N) is 2. The maximum Gasteiger partial charge on any atom is 0.236 e. The van der Waals surface area contributed by atoms with Crippen LogP contribution in [0.1, 0.15) is 32.6 Å². The number of amides is 1. The summed E-state index contributed by atoms with van der Waals surface area (Å²) in [6, 6.07) is 0.529. The van der Waals surface area contributed by atoms with Crippen molar-refractivity contribution in [3.63, 3.8) is 0 Å². The highest BCUT2D eigenvalue weighted by atomic mass is 16.2. The fourth-order valence-corrected chi connectivity index (χ4v) is 2.95. The summed E-state index contributed by atoms with van der Waals surface area (Å²) in [5.74, 6) is 0.475. The molecule has 0 unspecified atom stereocenters. The SMILES string of the molecule is CCN(CC(=O)N1CCC(=O)CC1)C1CCNCC1. The van der Waals surface area contributed by atoms with Gasteiger partial charge in [0.2, 0.25) is 5.91 Å². The van der Waals surface area contributed by atoms with Gasteiger partial charge in [-0.05, 0) is 32.5 Å². The third-order valence-corrected chi connectivity index (χ3v) is 4.24. The van der Waals surface area contributed by atoms with Gasteiger partial charge in [-0.15, -0.1) is 0 Å². The average Bonchev–Trinajstić information content (AvgIpc) is 2.46. The van der Waals surface area contributed by atoms with E-state index in [0.717, 1.165) is 32.5 Å². The van der Waals surface area contributed by atoms with E-state index < -0.39 is 0 Å². The molecule has 0 aromatic heterocycles. The number of ketones is 1. The standard InChI is InChI=1S/C14H25N3O2/c1-2-16(12-3-7-15-8-4-12)11-14(19)17-9-5-13(18)6-10-17/h12,15H,2-11H2,1H3. The molecule has 0 spiro atoms. The Morgan fingerprint density at radius 1 is 1.32 bits per heavy atom. The number of rotatable bonds is 4. The molecule has 0 aromatic carbocycles. The predicted molar refractivity (Wildman–Crippen MR) is 74.0 cm³/mol. The second-order valence-electron chi connectivity index (χ2n) is 5.46. The highest BCUT2D eigenvalue weighted by Gasteiger charge is 2.25. The van der Waals surface area contributed by atoms with Gasteiger partial charge in [0, 0.05) is 32.0 Å². The van der Waals surface area contributed by atoms with E-state index in [9.17, 15) is 9.59 Å². The zero-order valence-corrected chi connectivity index (χ0v) is 11.9. The Balaban J connectivity index is 1.83. The summed E-state index contributed by atoms with van der Waals surface area (Å²) < 4.78 is 0. The number of piperidine rings is 2. The minimum atomic E-state index is 0.188. The minimum Gasteiger partial charge on any atom is -0.341 e. The first-order chi connectivity index (χ1) is 9.20. The Kier molecular flexibility index (Phi) is 5.34. The van der Waals surface area contributed by atoms with Crippen molar-refractivity contribution in [2.75, 3.05) is 39.3 Å². The molecule has 2 aliphatic heterocycles. The monoisotopic (exact) mass is 267 g/mol. The third kappa shape index (κ3) is 4.01. The number of likely N-dealkylation sites (N-methyl/N-ethyl adjacent to an activating group) is 1. The Morgan fingerprint density at radius 3 is 2.53 bits per heavy atom. The number of carbonyl (C=O) groups excluding carboxylic acids is 2. The van der Waals surface area contributed by atoms with Gasteiger partial charge < -0.3 is 10.2 Å². The van der Waals surface area contributed by atoms with Gasteiger partial charge in [-0.2, -0.15) is 0 Å². The lowest BCUT2D eigenvalue weighted by Crippen LogP contribution is -2.49. The van der Waals surface area contributed by atoms with Crippen molar-refractivity contribution in [1.29, 1.82) is 0 Å². The van der Waals surface area contributed by atoms with Gasteiger partial charge >= 0.3 is 0 Å². The lowest BCUT2D eigenvalue weighted by atomic mass is 10.0. The molecule has 0 aliphatic carbocycles. The summed E-state index contributed by atoms with van der Waals surface area (Å²) in [6.07, 6.45) is 3.32. The Hall–Kier alpha value is -0.940. The van der Waals surface area contributed by atoms with Crippen LogP contribution < -0.4 is 5.32 Å². The third-order valence-electron chi connectivity index (χ3n) is 4.24. The highest BCUT2D eigenvalue weighted by molar-refractivity contribution is 5.84. The van der Waals surface area contributed by atoms with Gasteiger partial charge in [-0.3, -0.25) is 14.5 Å². The van der Waals surface area contributed by atoms with Crippen molar-refractivity contribution in [2.45, 2.75) is 38.6 Å². The molecule has 0 atom stereocenters. The summed E-state index contributed by atoms with van der Waals surface area (Å²) in [7, 11) is 0. The van der Waals surface area contributed by atoms with E-state index in [0.29, 0.717) is 38.5 Å². The van der Waals surface area contributed by atoms with Crippen LogP contribution in [-0.2, 0) is 9.59 Å². The van der Waals surface area contributed by atoms with Crippen molar-refractivity contribution in [2.24, 2.45) is 0 Å². The largest absolute Gasteiger partial charge is 0.341 e. The molecule has 2 heterocycles. The molecule has 1 N–H and O–H groups in total. The van der Waals surface area contributed by atoms with Gasteiger partial charge in [0.1, 0.15) is 5.78 Å². The van der Waals surface area contributed by atoms with Crippen molar-refractivity contribution in [3.05, 3.63) is 0 Å². The maximum atomic E-state index is 12.3. The van der Waals surface area contributed by atoms with E-state index in [-0.39, 0.29) is 11.7 Å². The lowest BCUT2D eigenvalue weighted by Gasteiger charge is -2.35. The summed E-state index contributed by atoms with van der Waals surface area (Å²) in [5.41, 5.74) is 0. The van der Waals surface area contributed by atoms with Crippen LogP contribution in [0.15, 0.2) is 0 Å². The van der Waals surface area contributed by atoms with Gasteiger partial charge in [0.05, 0.1) is 6.54 Å². The van der Waals surface area contributed by atoms with Crippen LogP contribution in [0, 0.1) is 0 Å². The zero-order chi connectivity index (χ0) is 13.7. The minimum absolute atomic E-state index is 0.188. The van der Waals surface area contributed by atoms with Gasteiger partial charge in [-0.25, -0.2) is 0 Å². The summed E-state index contributed by atoms with van der Waals surface area (Å²) >= 11 is 0. The molecule has 19 heavy (non-hydrogen) atoms. The van der Waals surface area contributed by atoms with Crippen LogP contribution in [-0.4, -0.2) is 66.8 Å². The zero-order valence-electron chi connectivity index (χ0n) is 11.9. The predicted octanol–water partition coefficient (Wildman–Crippen LogP) is 0.252. The molecular formula is C14H25N3O2.